The molecule has 6 rings (SSSR count). The van der Waals surface area contributed by atoms with Crippen molar-refractivity contribution < 1.29 is 14.3 Å². The zero-order valence-corrected chi connectivity index (χ0v) is 22.1. The number of nitrogens with zero attached hydrogens (tertiary/aromatic N) is 4. The summed E-state index contributed by atoms with van der Waals surface area (Å²) in [4.78, 5) is 25.5. The van der Waals surface area contributed by atoms with Crippen molar-refractivity contribution in [3.63, 3.8) is 0 Å². The minimum Gasteiger partial charge on any atom is -0.454 e. The van der Waals surface area contributed by atoms with Gasteiger partial charge in [0.25, 0.3) is 0 Å². The fourth-order valence-corrected chi connectivity index (χ4v) is 7.13. The van der Waals surface area contributed by atoms with Crippen LogP contribution in [0.25, 0.3) is 0 Å². The number of aromatic nitrogens is 1. The molecule has 0 bridgehead atoms. The van der Waals surface area contributed by atoms with Gasteiger partial charge in [-0.15, -0.1) is 0 Å². The molecule has 4 aliphatic rings. The van der Waals surface area contributed by atoms with Gasteiger partial charge >= 0.3 is 0 Å². The summed E-state index contributed by atoms with van der Waals surface area (Å²) < 4.78 is 11.0. The number of rotatable bonds is 6. The minimum absolute atomic E-state index is 0.137. The van der Waals surface area contributed by atoms with E-state index in [4.69, 9.17) is 9.47 Å². The maximum absolute atomic E-state index is 13.9. The highest BCUT2D eigenvalue weighted by Gasteiger charge is 2.43. The number of piperidine rings is 1. The molecule has 4 heterocycles. The predicted molar refractivity (Wildman–Crippen MR) is 144 cm³/mol. The van der Waals surface area contributed by atoms with Crippen molar-refractivity contribution in [1.29, 1.82) is 0 Å². The molecular weight excluding hydrogens is 464 g/mol. The number of amides is 1. The average molecular weight is 505 g/mol. The minimum atomic E-state index is 0.137. The Bertz CT molecular complexity index is 1070. The van der Waals surface area contributed by atoms with Gasteiger partial charge in [0.15, 0.2) is 11.5 Å². The van der Waals surface area contributed by atoms with Gasteiger partial charge in [0, 0.05) is 52.0 Å². The van der Waals surface area contributed by atoms with Crippen molar-refractivity contribution in [3.05, 3.63) is 48.2 Å². The molecule has 4 unspecified atom stereocenters. The third kappa shape index (κ3) is 5.42. The third-order valence-corrected chi connectivity index (χ3v) is 8.91. The van der Waals surface area contributed by atoms with Crippen LogP contribution in [0.15, 0.2) is 42.6 Å². The van der Waals surface area contributed by atoms with Crippen LogP contribution in [0, 0.1) is 23.7 Å². The Morgan fingerprint density at radius 1 is 1.03 bits per heavy atom. The van der Waals surface area contributed by atoms with Gasteiger partial charge in [-0.3, -0.25) is 4.79 Å². The largest absolute Gasteiger partial charge is 0.454 e. The number of likely N-dealkylation sites (tertiary alicyclic amines) is 1. The average Bonchev–Trinajstić information content (AvgIpc) is 3.41. The number of ether oxygens (including phenoxy) is 2. The van der Waals surface area contributed by atoms with Gasteiger partial charge in [-0.25, -0.2) is 4.98 Å². The zero-order chi connectivity index (χ0) is 25.2. The molecule has 1 amide bonds. The molecule has 1 aliphatic carbocycles. The molecule has 2 saturated heterocycles. The molecule has 3 fully saturated rings. The summed E-state index contributed by atoms with van der Waals surface area (Å²) in [7, 11) is 0. The van der Waals surface area contributed by atoms with E-state index in [0.29, 0.717) is 30.5 Å². The Morgan fingerprint density at radius 3 is 2.70 bits per heavy atom. The summed E-state index contributed by atoms with van der Waals surface area (Å²) >= 11 is 0. The molecule has 4 atom stereocenters. The zero-order valence-electron chi connectivity index (χ0n) is 22.1. The maximum atomic E-state index is 13.9. The Morgan fingerprint density at radius 2 is 1.86 bits per heavy atom. The van der Waals surface area contributed by atoms with E-state index in [1.54, 1.807) is 0 Å². The lowest BCUT2D eigenvalue weighted by Gasteiger charge is -2.48. The van der Waals surface area contributed by atoms with Crippen molar-refractivity contribution in [2.24, 2.45) is 23.7 Å². The summed E-state index contributed by atoms with van der Waals surface area (Å²) in [6.45, 7) is 9.06. The lowest BCUT2D eigenvalue weighted by molar-refractivity contribution is -0.142. The highest BCUT2D eigenvalue weighted by Crippen LogP contribution is 2.41. The molecule has 1 aromatic heterocycles. The number of fused-ring (bicyclic) bond motifs is 2. The fraction of sp³-hybridized carbons (Fsp3) is 0.600. The standard InChI is InChI=1S/C30H40N4O3/c1-22(16-23-9-10-27-28(17-23)37-21-36-27)18-32-19-24-6-2-3-7-25(24)26(20-32)30(35)34-14-12-33(13-15-34)29-8-4-5-11-31-29/h4-5,8-11,17,22,24-26H,2-3,6-7,12-16,18-21H2,1H3. The number of anilines is 1. The molecule has 198 valence electrons. The molecular formula is C30H40N4O3. The molecule has 7 nitrogen and oxygen atoms in total. The van der Waals surface area contributed by atoms with E-state index in [9.17, 15) is 4.79 Å². The molecule has 37 heavy (non-hydrogen) atoms. The van der Waals surface area contributed by atoms with Gasteiger partial charge in [-0.1, -0.05) is 31.9 Å². The molecule has 1 saturated carbocycles. The Balaban J connectivity index is 1.08. The van der Waals surface area contributed by atoms with E-state index in [1.165, 1.54) is 31.2 Å². The van der Waals surface area contributed by atoms with Crippen LogP contribution in [0.3, 0.4) is 0 Å². The SMILES string of the molecule is CC(Cc1ccc2c(c1)OCO2)CN1CC2CCCCC2C(C(=O)N2CCN(c3ccccn3)CC2)C1. The summed E-state index contributed by atoms with van der Waals surface area (Å²) in [6.07, 6.45) is 7.93. The van der Waals surface area contributed by atoms with Crippen molar-refractivity contribution in [3.8, 4) is 11.5 Å². The number of hydrogen-bond acceptors (Lipinski definition) is 6. The van der Waals surface area contributed by atoms with E-state index >= 15 is 0 Å². The summed E-state index contributed by atoms with van der Waals surface area (Å²) in [6, 6.07) is 12.4. The molecule has 0 radical (unpaired) electrons. The fourth-order valence-electron chi connectivity index (χ4n) is 7.13. The first-order valence-corrected chi connectivity index (χ1v) is 14.2. The van der Waals surface area contributed by atoms with Gasteiger partial charge in [0.1, 0.15) is 5.82 Å². The second-order valence-electron chi connectivity index (χ2n) is 11.5. The van der Waals surface area contributed by atoms with E-state index in [1.807, 2.05) is 24.4 Å². The van der Waals surface area contributed by atoms with Crippen LogP contribution in [-0.4, -0.2) is 73.3 Å². The predicted octanol–water partition coefficient (Wildman–Crippen LogP) is 4.08. The third-order valence-electron chi connectivity index (χ3n) is 8.91. The molecule has 7 heteroatoms. The first-order valence-electron chi connectivity index (χ1n) is 14.2. The number of benzene rings is 1. The molecule has 2 aromatic rings. The first kappa shape index (κ1) is 24.5. The normalized spacial score (nSPS) is 26.6. The number of pyridine rings is 1. The molecule has 3 aliphatic heterocycles. The van der Waals surface area contributed by atoms with Crippen molar-refractivity contribution in [2.75, 3.05) is 57.5 Å². The number of piperazine rings is 1. The smallest absolute Gasteiger partial charge is 0.231 e. The summed E-state index contributed by atoms with van der Waals surface area (Å²) in [5, 5.41) is 0. The Labute approximate surface area is 220 Å². The quantitative estimate of drug-likeness (QED) is 0.591. The van der Waals surface area contributed by atoms with Gasteiger partial charge in [0.2, 0.25) is 12.7 Å². The summed E-state index contributed by atoms with van der Waals surface area (Å²) in [5.41, 5.74) is 1.29. The maximum Gasteiger partial charge on any atom is 0.231 e. The van der Waals surface area contributed by atoms with Crippen LogP contribution >= 0.6 is 0 Å². The Hall–Kier alpha value is -2.80. The van der Waals surface area contributed by atoms with Crippen LogP contribution in [0.5, 0.6) is 11.5 Å². The van der Waals surface area contributed by atoms with Crippen LogP contribution in [0.2, 0.25) is 0 Å². The van der Waals surface area contributed by atoms with Gasteiger partial charge < -0.3 is 24.2 Å². The number of carbonyl (C=O) groups is 1. The van der Waals surface area contributed by atoms with Crippen LogP contribution < -0.4 is 14.4 Å². The van der Waals surface area contributed by atoms with Crippen LogP contribution in [-0.2, 0) is 11.2 Å². The van der Waals surface area contributed by atoms with Crippen LogP contribution in [0.4, 0.5) is 5.82 Å². The van der Waals surface area contributed by atoms with Crippen molar-refractivity contribution in [2.45, 2.75) is 39.0 Å². The lowest BCUT2D eigenvalue weighted by atomic mass is 9.69. The lowest BCUT2D eigenvalue weighted by Crippen LogP contribution is -2.57. The summed E-state index contributed by atoms with van der Waals surface area (Å²) in [5.74, 6) is 4.98. The first-order chi connectivity index (χ1) is 18.1. The van der Waals surface area contributed by atoms with Gasteiger partial charge in [0.05, 0.1) is 5.92 Å². The van der Waals surface area contributed by atoms with Crippen molar-refractivity contribution >= 4 is 11.7 Å². The molecule has 0 N–H and O–H groups in total. The van der Waals surface area contributed by atoms with E-state index < -0.39 is 0 Å². The highest BCUT2D eigenvalue weighted by atomic mass is 16.7. The number of carbonyl (C=O) groups excluding carboxylic acids is 1. The van der Waals surface area contributed by atoms with E-state index in [-0.39, 0.29) is 5.92 Å². The van der Waals surface area contributed by atoms with Crippen molar-refractivity contribution in [1.82, 2.24) is 14.8 Å². The van der Waals surface area contributed by atoms with Crippen LogP contribution in [0.1, 0.15) is 38.2 Å². The molecule has 0 spiro atoms. The monoisotopic (exact) mass is 504 g/mol. The molecule has 1 aromatic carbocycles. The highest BCUT2D eigenvalue weighted by molar-refractivity contribution is 5.80. The second kappa shape index (κ2) is 10.9. The van der Waals surface area contributed by atoms with E-state index in [2.05, 4.69) is 44.8 Å². The topological polar surface area (TPSA) is 58.1 Å². The van der Waals surface area contributed by atoms with Gasteiger partial charge in [-0.2, -0.15) is 0 Å². The second-order valence-corrected chi connectivity index (χ2v) is 11.5. The Kier molecular flexibility index (Phi) is 7.23. The van der Waals surface area contributed by atoms with E-state index in [0.717, 1.165) is 69.6 Å². The number of hydrogen-bond donors (Lipinski definition) is 0. The van der Waals surface area contributed by atoms with Gasteiger partial charge in [-0.05, 0) is 66.8 Å².